The van der Waals surface area contributed by atoms with Gasteiger partial charge in [-0.15, -0.1) is 0 Å². The van der Waals surface area contributed by atoms with Crippen LogP contribution in [0.25, 0.3) is 0 Å². The van der Waals surface area contributed by atoms with Gasteiger partial charge >= 0.3 is 12.3 Å². The Kier molecular flexibility index (Phi) is 8.91. The van der Waals surface area contributed by atoms with E-state index in [4.69, 9.17) is 20.8 Å². The van der Waals surface area contributed by atoms with Crippen LogP contribution in [0.1, 0.15) is 48.0 Å². The van der Waals surface area contributed by atoms with Crippen LogP contribution in [0.5, 0.6) is 5.75 Å². The van der Waals surface area contributed by atoms with Gasteiger partial charge in [0.15, 0.2) is 11.4 Å². The number of oxazole rings is 1. The van der Waals surface area contributed by atoms with Crippen LogP contribution < -0.4 is 14.5 Å². The summed E-state index contributed by atoms with van der Waals surface area (Å²) < 4.78 is 52.1. The van der Waals surface area contributed by atoms with Crippen LogP contribution in [-0.2, 0) is 12.6 Å². The Labute approximate surface area is 246 Å². The van der Waals surface area contributed by atoms with E-state index in [1.54, 1.807) is 46.2 Å². The Balaban J connectivity index is 1.21. The number of ketones is 1. The first-order chi connectivity index (χ1) is 20.1. The zero-order valence-corrected chi connectivity index (χ0v) is 23.8. The van der Waals surface area contributed by atoms with Crippen LogP contribution in [0.3, 0.4) is 0 Å². The van der Waals surface area contributed by atoms with Crippen molar-refractivity contribution in [2.45, 2.75) is 38.8 Å². The molecule has 3 aromatic rings. The number of pyridine rings is 1. The topological polar surface area (TPSA) is 92.0 Å². The van der Waals surface area contributed by atoms with Crippen molar-refractivity contribution in [2.24, 2.45) is 5.92 Å². The molecule has 1 amide bonds. The van der Waals surface area contributed by atoms with Crippen molar-refractivity contribution >= 4 is 35.3 Å². The summed E-state index contributed by atoms with van der Waals surface area (Å²) in [6, 6.07) is 9.95. The van der Waals surface area contributed by atoms with Crippen molar-refractivity contribution in [2.75, 3.05) is 49.1 Å². The molecule has 224 valence electrons. The zero-order valence-electron chi connectivity index (χ0n) is 23.1. The number of rotatable bonds is 6. The first kappa shape index (κ1) is 29.7. The number of nitrogens with zero attached hydrogens (tertiary/aromatic N) is 5. The third kappa shape index (κ3) is 6.97. The molecular weight excluding hydrogens is 575 g/mol. The largest absolute Gasteiger partial charge is 0.437 e. The lowest BCUT2D eigenvalue weighted by molar-refractivity contribution is -0.141. The first-order valence-electron chi connectivity index (χ1n) is 13.9. The van der Waals surface area contributed by atoms with Gasteiger partial charge in [0.1, 0.15) is 5.82 Å². The summed E-state index contributed by atoms with van der Waals surface area (Å²) in [6.45, 7) is 5.07. The lowest BCUT2D eigenvalue weighted by atomic mass is 10.0. The second-order valence-electron chi connectivity index (χ2n) is 10.6. The van der Waals surface area contributed by atoms with Crippen LogP contribution in [-0.4, -0.2) is 66.0 Å². The average Bonchev–Trinajstić information content (AvgIpc) is 3.28. The molecule has 42 heavy (non-hydrogen) atoms. The van der Waals surface area contributed by atoms with Crippen molar-refractivity contribution < 1.29 is 31.9 Å². The third-order valence-corrected chi connectivity index (χ3v) is 7.66. The highest BCUT2D eigenvalue weighted by molar-refractivity contribution is 6.32. The molecule has 2 aliphatic heterocycles. The molecule has 0 N–H and O–H groups in total. The van der Waals surface area contributed by atoms with E-state index in [2.05, 4.69) is 9.97 Å². The van der Waals surface area contributed by atoms with Gasteiger partial charge in [0.25, 0.3) is 6.01 Å². The van der Waals surface area contributed by atoms with Crippen molar-refractivity contribution in [1.29, 1.82) is 0 Å². The number of carbonyl (C=O) groups excluding carboxylic acids is 2. The minimum absolute atomic E-state index is 0.170. The van der Waals surface area contributed by atoms with E-state index >= 15 is 0 Å². The molecule has 2 saturated heterocycles. The van der Waals surface area contributed by atoms with E-state index in [9.17, 15) is 22.8 Å². The van der Waals surface area contributed by atoms with E-state index in [1.165, 1.54) is 6.20 Å². The number of benzene rings is 1. The molecule has 0 radical (unpaired) electrons. The summed E-state index contributed by atoms with van der Waals surface area (Å²) in [5.41, 5.74) is -0.853. The highest BCUT2D eigenvalue weighted by atomic mass is 35.5. The summed E-state index contributed by atoms with van der Waals surface area (Å²) >= 11 is 6.09. The molecule has 0 saturated carbocycles. The molecule has 4 heterocycles. The van der Waals surface area contributed by atoms with Crippen LogP contribution in [0.2, 0.25) is 5.02 Å². The molecular formula is C29H31ClF3N5O4. The number of piperidine rings is 1. The number of hydrogen-bond acceptors (Lipinski definition) is 8. The number of Topliss-reactive ketones (excluding diaryl/α,β-unsaturated/α-hetero) is 1. The molecule has 1 unspecified atom stereocenters. The lowest BCUT2D eigenvalue weighted by Crippen LogP contribution is -2.37. The van der Waals surface area contributed by atoms with Crippen molar-refractivity contribution in [1.82, 2.24) is 14.9 Å². The van der Waals surface area contributed by atoms with Gasteiger partial charge in [0.05, 0.1) is 5.02 Å². The Hall–Kier alpha value is -3.80. The number of halogens is 4. The third-order valence-electron chi connectivity index (χ3n) is 7.35. The minimum atomic E-state index is -4.82. The van der Waals surface area contributed by atoms with Gasteiger partial charge in [-0.3, -0.25) is 4.79 Å². The van der Waals surface area contributed by atoms with E-state index in [-0.39, 0.29) is 12.4 Å². The van der Waals surface area contributed by atoms with E-state index in [1.807, 2.05) is 11.8 Å². The Morgan fingerprint density at radius 2 is 1.83 bits per heavy atom. The van der Waals surface area contributed by atoms with Crippen LogP contribution >= 0.6 is 11.6 Å². The normalized spacial score (nSPS) is 18.1. The number of anilines is 2. The van der Waals surface area contributed by atoms with Crippen molar-refractivity contribution in [3.05, 3.63) is 64.6 Å². The predicted octanol–water partition coefficient (Wildman–Crippen LogP) is 6.11. The molecule has 5 rings (SSSR count). The van der Waals surface area contributed by atoms with Crippen LogP contribution in [0, 0.1) is 5.92 Å². The summed E-state index contributed by atoms with van der Waals surface area (Å²) in [7, 11) is 0. The standard InChI is InChI=1S/C29H31ClF3N5O4/c1-19-6-4-11-38(18-19)27-35-26(29(31,32)33)25(42-27)22(39)16-20-9-10-24(34-17-20)36-12-5-13-37(15-14-36)28(40)41-23-8-3-2-7-21(23)30/h2-3,7-10,17,19H,4-6,11-16,18H2,1H3. The van der Waals surface area contributed by atoms with Crippen LogP contribution in [0.4, 0.5) is 29.8 Å². The van der Waals surface area contributed by atoms with E-state index < -0.39 is 29.5 Å². The van der Waals surface area contributed by atoms with Gasteiger partial charge in [0, 0.05) is 51.9 Å². The smallest absolute Gasteiger partial charge is 0.420 e. The summed E-state index contributed by atoms with van der Waals surface area (Å²) in [4.78, 5) is 39.0. The summed E-state index contributed by atoms with van der Waals surface area (Å²) in [5, 5.41) is 0.347. The van der Waals surface area contributed by atoms with E-state index in [0.717, 1.165) is 12.8 Å². The molecule has 1 aromatic carbocycles. The molecule has 0 bridgehead atoms. The second kappa shape index (κ2) is 12.6. The zero-order chi connectivity index (χ0) is 29.9. The van der Waals surface area contributed by atoms with Gasteiger partial charge in [0.2, 0.25) is 11.5 Å². The SMILES string of the molecule is CC1CCCN(c2nc(C(F)(F)F)c(C(=O)Cc3ccc(N4CCCN(C(=O)Oc5ccccc5Cl)CC4)nc3)o2)C1. The first-order valence-corrected chi connectivity index (χ1v) is 14.2. The number of para-hydroxylation sites is 1. The lowest BCUT2D eigenvalue weighted by Gasteiger charge is -2.29. The fraction of sp³-hybridized carbons (Fsp3) is 0.448. The molecule has 13 heteroatoms. The molecule has 2 aliphatic rings. The molecule has 2 fully saturated rings. The fourth-order valence-electron chi connectivity index (χ4n) is 5.18. The predicted molar refractivity (Wildman–Crippen MR) is 150 cm³/mol. The Bertz CT molecular complexity index is 1410. The Morgan fingerprint density at radius 3 is 2.55 bits per heavy atom. The molecule has 1 atom stereocenters. The maximum Gasteiger partial charge on any atom is 0.437 e. The van der Waals surface area contributed by atoms with Gasteiger partial charge in [-0.05, 0) is 48.9 Å². The number of amides is 1. The molecule has 2 aromatic heterocycles. The quantitative estimate of drug-likeness (QED) is 0.311. The Morgan fingerprint density at radius 1 is 1.05 bits per heavy atom. The second-order valence-corrected chi connectivity index (χ2v) is 11.0. The van der Waals surface area contributed by atoms with Gasteiger partial charge < -0.3 is 23.9 Å². The summed E-state index contributed by atoms with van der Waals surface area (Å²) in [6.07, 6.45) is -1.70. The van der Waals surface area contributed by atoms with Crippen molar-refractivity contribution in [3.8, 4) is 5.75 Å². The number of hydrogen-bond donors (Lipinski definition) is 0. The number of carbonyl (C=O) groups is 2. The maximum absolute atomic E-state index is 13.8. The monoisotopic (exact) mass is 605 g/mol. The number of ether oxygens (including phenoxy) is 1. The van der Waals surface area contributed by atoms with Gasteiger partial charge in [-0.25, -0.2) is 9.78 Å². The maximum atomic E-state index is 13.8. The van der Waals surface area contributed by atoms with Crippen LogP contribution in [0.15, 0.2) is 47.0 Å². The minimum Gasteiger partial charge on any atom is -0.420 e. The molecule has 0 spiro atoms. The average molecular weight is 606 g/mol. The molecule has 0 aliphatic carbocycles. The summed E-state index contributed by atoms with van der Waals surface area (Å²) in [5.74, 6) is -0.385. The van der Waals surface area contributed by atoms with Gasteiger partial charge in [-0.1, -0.05) is 36.7 Å². The highest BCUT2D eigenvalue weighted by Crippen LogP contribution is 2.35. The number of aromatic nitrogens is 2. The molecule has 9 nitrogen and oxygen atoms in total. The highest BCUT2D eigenvalue weighted by Gasteiger charge is 2.42. The van der Waals surface area contributed by atoms with Crippen molar-refractivity contribution in [3.63, 3.8) is 0 Å². The van der Waals surface area contributed by atoms with E-state index in [0.29, 0.717) is 73.8 Å². The number of alkyl halides is 3. The fourth-order valence-corrected chi connectivity index (χ4v) is 5.35. The van der Waals surface area contributed by atoms with Gasteiger partial charge in [-0.2, -0.15) is 18.2 Å².